The Hall–Kier alpha value is -1.76. The third-order valence-electron chi connectivity index (χ3n) is 3.08. The van der Waals surface area contributed by atoms with E-state index < -0.39 is 63.7 Å². The molecule has 0 saturated heterocycles. The maximum absolute atomic E-state index is 11.3. The molecule has 12 nitrogen and oxygen atoms in total. The van der Waals surface area contributed by atoms with Crippen LogP contribution in [-0.4, -0.2) is 89.4 Å². The molecule has 28 heavy (non-hydrogen) atoms. The number of ether oxygens (including phenoxy) is 1. The van der Waals surface area contributed by atoms with Crippen LogP contribution in [0.5, 0.6) is 17.2 Å². The van der Waals surface area contributed by atoms with E-state index in [1.807, 2.05) is 6.92 Å². The molecule has 0 aliphatic carbocycles. The minimum absolute atomic E-state index is 0.00347. The molecule has 0 atom stereocenters. The molecule has 0 bridgehead atoms. The second-order valence-electron chi connectivity index (χ2n) is 5.40. The minimum Gasteiger partial charge on any atom is -0.504 e. The summed E-state index contributed by atoms with van der Waals surface area (Å²) >= 11 is 0. The van der Waals surface area contributed by atoms with Crippen LogP contribution in [0, 0.1) is 5.41 Å². The molecule has 1 rings (SSSR count). The number of phenolic OH excluding ortho intramolecular Hbond substituents is 3. The van der Waals surface area contributed by atoms with E-state index >= 15 is 0 Å². The largest absolute Gasteiger partial charge is 0.504 e. The fourth-order valence-electron chi connectivity index (χ4n) is 1.30. The van der Waals surface area contributed by atoms with Crippen molar-refractivity contribution < 1.29 is 60.0 Å². The van der Waals surface area contributed by atoms with Crippen molar-refractivity contribution in [1.82, 2.24) is 0 Å². The fourth-order valence-corrected chi connectivity index (χ4v) is 1.30. The SMILES string of the molecule is CCCOC(=O)c1cc(O)c(O)c(O)c1.OCC(CO)(CO)CO.OP(O)O. The zero-order chi connectivity index (χ0) is 22.3. The van der Waals surface area contributed by atoms with E-state index in [0.717, 1.165) is 12.1 Å². The van der Waals surface area contributed by atoms with Crippen LogP contribution < -0.4 is 0 Å². The first-order valence-electron chi connectivity index (χ1n) is 7.76. The molecule has 0 fully saturated rings. The summed E-state index contributed by atoms with van der Waals surface area (Å²) in [5, 5.41) is 61.3. The van der Waals surface area contributed by atoms with Gasteiger partial charge in [0.15, 0.2) is 17.2 Å². The van der Waals surface area contributed by atoms with Gasteiger partial charge >= 0.3 is 14.6 Å². The highest BCUT2D eigenvalue weighted by molar-refractivity contribution is 7.38. The van der Waals surface area contributed by atoms with Gasteiger partial charge in [-0.15, -0.1) is 0 Å². The Labute approximate surface area is 162 Å². The van der Waals surface area contributed by atoms with Gasteiger partial charge in [-0.05, 0) is 18.6 Å². The van der Waals surface area contributed by atoms with Crippen molar-refractivity contribution in [2.75, 3.05) is 33.0 Å². The van der Waals surface area contributed by atoms with Crippen LogP contribution in [0.4, 0.5) is 0 Å². The number of aliphatic hydroxyl groups excluding tert-OH is 4. The van der Waals surface area contributed by atoms with Crippen LogP contribution in [0.3, 0.4) is 0 Å². The Bertz CT molecular complexity index is 519. The van der Waals surface area contributed by atoms with Gasteiger partial charge in [-0.2, -0.15) is 0 Å². The van der Waals surface area contributed by atoms with Gasteiger partial charge < -0.3 is 55.2 Å². The molecule has 0 aliphatic heterocycles. The molecule has 13 heteroatoms. The number of aromatic hydroxyl groups is 3. The molecule has 0 spiro atoms. The monoisotopic (exact) mass is 430 g/mol. The highest BCUT2D eigenvalue weighted by atomic mass is 31.2. The number of hydrogen-bond donors (Lipinski definition) is 10. The zero-order valence-corrected chi connectivity index (χ0v) is 16.0. The lowest BCUT2D eigenvalue weighted by molar-refractivity contribution is -0.0328. The molecule has 0 unspecified atom stereocenters. The highest BCUT2D eigenvalue weighted by Gasteiger charge is 2.26. The third-order valence-corrected chi connectivity index (χ3v) is 3.08. The van der Waals surface area contributed by atoms with Gasteiger partial charge in [-0.3, -0.25) is 0 Å². The summed E-state index contributed by atoms with van der Waals surface area (Å²) in [5.74, 6) is -2.42. The Kier molecular flexibility index (Phi) is 15.4. The van der Waals surface area contributed by atoms with Gasteiger partial charge in [0.2, 0.25) is 0 Å². The standard InChI is InChI=1S/C10H12O5.C5H12O4.H3O3P/c1-2-3-15-10(14)6-4-7(11)9(13)8(12)5-6;6-1-5(2-7,3-8)4-9;1-4(2)3/h4-5,11-13H,2-3H2,1H3;6-9H,1-4H2;1-3H. The maximum Gasteiger partial charge on any atom is 0.338 e. The first kappa shape index (κ1) is 28.4. The molecule has 0 amide bonds. The Balaban J connectivity index is 0. The lowest BCUT2D eigenvalue weighted by atomic mass is 9.93. The molecular formula is C15H27O12P. The van der Waals surface area contributed by atoms with Crippen LogP contribution in [0.25, 0.3) is 0 Å². The van der Waals surface area contributed by atoms with Crippen LogP contribution >= 0.6 is 8.60 Å². The molecule has 1 aromatic carbocycles. The van der Waals surface area contributed by atoms with E-state index in [1.165, 1.54) is 0 Å². The summed E-state index contributed by atoms with van der Waals surface area (Å²) in [7, 11) is -2.62. The number of carbonyl (C=O) groups is 1. The van der Waals surface area contributed by atoms with Crippen molar-refractivity contribution in [1.29, 1.82) is 0 Å². The minimum atomic E-state index is -2.62. The number of rotatable bonds is 7. The topological polar surface area (TPSA) is 229 Å². The number of phenols is 3. The molecule has 0 aromatic heterocycles. The zero-order valence-electron chi connectivity index (χ0n) is 15.1. The normalized spacial score (nSPS) is 10.5. The van der Waals surface area contributed by atoms with E-state index in [2.05, 4.69) is 0 Å². The number of carbonyl (C=O) groups excluding carboxylic acids is 1. The lowest BCUT2D eigenvalue weighted by Gasteiger charge is -2.23. The predicted octanol–water partition coefficient (Wildman–Crippen LogP) is -1.50. The predicted molar refractivity (Wildman–Crippen MR) is 96.4 cm³/mol. The molecule has 164 valence electrons. The molecule has 0 radical (unpaired) electrons. The van der Waals surface area contributed by atoms with Gasteiger partial charge in [0.1, 0.15) is 0 Å². The molecule has 0 aliphatic rings. The Morgan fingerprint density at radius 2 is 1.29 bits per heavy atom. The molecule has 0 heterocycles. The summed E-state index contributed by atoms with van der Waals surface area (Å²) in [4.78, 5) is 33.0. The molecule has 1 aromatic rings. The van der Waals surface area contributed by atoms with Crippen molar-refractivity contribution in [3.05, 3.63) is 17.7 Å². The smallest absolute Gasteiger partial charge is 0.338 e. The van der Waals surface area contributed by atoms with Crippen LogP contribution in [0.1, 0.15) is 23.7 Å². The van der Waals surface area contributed by atoms with Gasteiger partial charge in [0.05, 0.1) is 44.0 Å². The maximum atomic E-state index is 11.3. The first-order valence-corrected chi connectivity index (χ1v) is 8.96. The van der Waals surface area contributed by atoms with Crippen LogP contribution in [0.2, 0.25) is 0 Å². The first-order chi connectivity index (χ1) is 13.0. The second-order valence-corrected chi connectivity index (χ2v) is 5.94. The van der Waals surface area contributed by atoms with E-state index in [0.29, 0.717) is 6.42 Å². The fraction of sp³-hybridized carbons (Fsp3) is 0.533. The van der Waals surface area contributed by atoms with Crippen LogP contribution in [0.15, 0.2) is 12.1 Å². The average molecular weight is 430 g/mol. The molecule has 10 N–H and O–H groups in total. The van der Waals surface area contributed by atoms with E-state index in [4.69, 9.17) is 55.2 Å². The summed E-state index contributed by atoms with van der Waals surface area (Å²) in [6.07, 6.45) is 0.682. The summed E-state index contributed by atoms with van der Waals surface area (Å²) in [6.45, 7) is 0.486. The number of hydrogen-bond acceptors (Lipinski definition) is 12. The Morgan fingerprint density at radius 3 is 1.54 bits per heavy atom. The van der Waals surface area contributed by atoms with Gasteiger partial charge in [0.25, 0.3) is 0 Å². The van der Waals surface area contributed by atoms with Gasteiger partial charge in [-0.25, -0.2) is 4.79 Å². The van der Waals surface area contributed by atoms with E-state index in [1.54, 1.807) is 0 Å². The van der Waals surface area contributed by atoms with Crippen molar-refractivity contribution in [2.24, 2.45) is 5.41 Å². The van der Waals surface area contributed by atoms with E-state index in [-0.39, 0.29) is 12.2 Å². The van der Waals surface area contributed by atoms with Crippen molar-refractivity contribution in [3.8, 4) is 17.2 Å². The summed E-state index contributed by atoms with van der Waals surface area (Å²) < 4.78 is 4.78. The number of aliphatic hydroxyl groups is 4. The quantitative estimate of drug-likeness (QED) is 0.135. The van der Waals surface area contributed by atoms with Crippen molar-refractivity contribution >= 4 is 14.6 Å². The number of esters is 1. The molecular weight excluding hydrogens is 403 g/mol. The van der Waals surface area contributed by atoms with Gasteiger partial charge in [-0.1, -0.05) is 6.92 Å². The average Bonchev–Trinajstić information content (AvgIpc) is 2.66. The van der Waals surface area contributed by atoms with Crippen molar-refractivity contribution in [3.63, 3.8) is 0 Å². The van der Waals surface area contributed by atoms with E-state index in [9.17, 15) is 4.79 Å². The lowest BCUT2D eigenvalue weighted by Crippen LogP contribution is -2.37. The number of benzene rings is 1. The third kappa shape index (κ3) is 11.2. The Morgan fingerprint density at radius 1 is 0.929 bits per heavy atom. The van der Waals surface area contributed by atoms with Gasteiger partial charge in [0, 0.05) is 0 Å². The summed E-state index contributed by atoms with van der Waals surface area (Å²) in [5.41, 5.74) is -1.11. The highest BCUT2D eigenvalue weighted by Crippen LogP contribution is 2.35. The second kappa shape index (κ2) is 15.2. The summed E-state index contributed by atoms with van der Waals surface area (Å²) in [6, 6.07) is 2.07. The molecule has 0 saturated carbocycles. The van der Waals surface area contributed by atoms with Crippen LogP contribution in [-0.2, 0) is 4.74 Å². The van der Waals surface area contributed by atoms with Crippen molar-refractivity contribution in [2.45, 2.75) is 13.3 Å².